The predicted molar refractivity (Wildman–Crippen MR) is 122 cm³/mol. The molecule has 0 saturated carbocycles. The Labute approximate surface area is 190 Å². The van der Waals surface area contributed by atoms with E-state index in [9.17, 15) is 13.2 Å². The third kappa shape index (κ3) is 5.36. The molecular weight excluding hydrogens is 426 g/mol. The maximum Gasteiger partial charge on any atom is 0.324 e. The van der Waals surface area contributed by atoms with Gasteiger partial charge in [-0.25, -0.2) is 8.42 Å². The van der Waals surface area contributed by atoms with Gasteiger partial charge in [0.05, 0.1) is 18.2 Å². The van der Waals surface area contributed by atoms with Gasteiger partial charge < -0.3 is 4.74 Å². The highest BCUT2D eigenvalue weighted by atomic mass is 32.2. The van der Waals surface area contributed by atoms with Crippen LogP contribution in [-0.2, 0) is 32.4 Å². The summed E-state index contributed by atoms with van der Waals surface area (Å²) in [5.41, 5.74) is 2.85. The van der Waals surface area contributed by atoms with Crippen LogP contribution < -0.4 is 4.72 Å². The van der Waals surface area contributed by atoms with Gasteiger partial charge in [-0.1, -0.05) is 36.4 Å². The lowest BCUT2D eigenvalue weighted by Gasteiger charge is -2.39. The maximum absolute atomic E-state index is 13.7. The van der Waals surface area contributed by atoms with Crippen LogP contribution in [0, 0.1) is 11.3 Å². The van der Waals surface area contributed by atoms with E-state index >= 15 is 0 Å². The third-order valence-electron chi connectivity index (χ3n) is 5.59. The van der Waals surface area contributed by atoms with Crippen LogP contribution in [0.3, 0.4) is 0 Å². The molecule has 0 fully saturated rings. The highest BCUT2D eigenvalue weighted by molar-refractivity contribution is 7.89. The van der Waals surface area contributed by atoms with Gasteiger partial charge in [-0.15, -0.1) is 0 Å². The number of nitrogens with one attached hydrogen (secondary N) is 1. The normalized spacial score (nSPS) is 17.4. The van der Waals surface area contributed by atoms with Crippen molar-refractivity contribution in [2.75, 3.05) is 13.2 Å². The van der Waals surface area contributed by atoms with E-state index in [-0.39, 0.29) is 19.1 Å². The average Bonchev–Trinajstić information content (AvgIpc) is 2.77. The molecule has 0 saturated heterocycles. The summed E-state index contributed by atoms with van der Waals surface area (Å²) in [5.74, 6) is -0.640. The molecule has 2 aromatic rings. The molecule has 1 heterocycles. The van der Waals surface area contributed by atoms with Crippen LogP contribution in [-0.4, -0.2) is 44.5 Å². The second kappa shape index (κ2) is 10.3. The van der Waals surface area contributed by atoms with Gasteiger partial charge in [0.15, 0.2) is 5.37 Å². The van der Waals surface area contributed by atoms with E-state index in [1.54, 1.807) is 31.2 Å². The lowest BCUT2D eigenvalue weighted by atomic mass is 9.99. The summed E-state index contributed by atoms with van der Waals surface area (Å²) in [6, 6.07) is 15.3. The first-order valence-electron chi connectivity index (χ1n) is 10.8. The highest BCUT2D eigenvalue weighted by Gasteiger charge is 2.40. The number of fused-ring (bicyclic) bond motifs is 1. The zero-order chi connectivity index (χ0) is 23.3. The molecule has 0 radical (unpaired) electrons. The number of carbonyl (C=O) groups excluding carboxylic acids is 1. The molecule has 0 amide bonds. The van der Waals surface area contributed by atoms with Crippen LogP contribution in [0.2, 0.25) is 0 Å². The molecule has 0 aromatic heterocycles. The number of sulfonamides is 1. The first-order chi connectivity index (χ1) is 15.3. The minimum absolute atomic E-state index is 0.00159. The van der Waals surface area contributed by atoms with Crippen molar-refractivity contribution in [3.8, 4) is 6.07 Å². The molecule has 0 bridgehead atoms. The van der Waals surface area contributed by atoms with E-state index in [0.29, 0.717) is 17.7 Å². The van der Waals surface area contributed by atoms with Gasteiger partial charge in [0.25, 0.3) is 0 Å². The number of esters is 1. The smallest absolute Gasteiger partial charge is 0.324 e. The summed E-state index contributed by atoms with van der Waals surface area (Å²) >= 11 is 0. The van der Waals surface area contributed by atoms with E-state index in [1.807, 2.05) is 43.0 Å². The Morgan fingerprint density at radius 2 is 2.00 bits per heavy atom. The van der Waals surface area contributed by atoms with E-state index < -0.39 is 27.4 Å². The van der Waals surface area contributed by atoms with Crippen LogP contribution in [0.5, 0.6) is 0 Å². The van der Waals surface area contributed by atoms with E-state index in [4.69, 9.17) is 10.00 Å². The first-order valence-corrected chi connectivity index (χ1v) is 12.3. The molecule has 2 atom stereocenters. The fourth-order valence-electron chi connectivity index (χ4n) is 4.10. The molecule has 1 aliphatic heterocycles. The standard InChI is InChI=1S/C24H29N3O4S/c1-4-31-24(28)22(15-18-8-7-9-19(14-18)16-25)26-32(29,30)23-21-11-6-5-10-20(21)12-13-27(23)17(2)3/h5-11,14,17,22-23,26H,4,12-13,15H2,1-3H3/t22-,23?/m0/s1. The molecule has 1 unspecified atom stereocenters. The molecular formula is C24H29N3O4S. The molecule has 3 rings (SSSR count). The Morgan fingerprint density at radius 3 is 2.69 bits per heavy atom. The molecule has 1 aliphatic rings. The van der Waals surface area contributed by atoms with E-state index in [1.165, 1.54) is 0 Å². The van der Waals surface area contributed by atoms with Gasteiger partial charge in [0.2, 0.25) is 10.0 Å². The van der Waals surface area contributed by atoms with Crippen molar-refractivity contribution in [3.63, 3.8) is 0 Å². The zero-order valence-corrected chi connectivity index (χ0v) is 19.4. The van der Waals surface area contributed by atoms with Gasteiger partial charge in [-0.2, -0.15) is 9.98 Å². The largest absolute Gasteiger partial charge is 0.465 e. The fraction of sp³-hybridized carbons (Fsp3) is 0.417. The molecule has 0 aliphatic carbocycles. The summed E-state index contributed by atoms with van der Waals surface area (Å²) in [6.07, 6.45) is 0.853. The van der Waals surface area contributed by atoms with Crippen LogP contribution in [0.15, 0.2) is 48.5 Å². The van der Waals surface area contributed by atoms with Gasteiger partial charge in [0.1, 0.15) is 6.04 Å². The Morgan fingerprint density at radius 1 is 1.25 bits per heavy atom. The minimum Gasteiger partial charge on any atom is -0.465 e. The molecule has 0 spiro atoms. The molecule has 170 valence electrons. The van der Waals surface area contributed by atoms with Crippen LogP contribution in [0.4, 0.5) is 0 Å². The van der Waals surface area contributed by atoms with Gasteiger partial charge in [0, 0.05) is 12.6 Å². The molecule has 7 nitrogen and oxygen atoms in total. The molecule has 8 heteroatoms. The predicted octanol–water partition coefficient (Wildman–Crippen LogP) is 2.92. The second-order valence-corrected chi connectivity index (χ2v) is 9.89. The lowest BCUT2D eigenvalue weighted by Crippen LogP contribution is -2.51. The highest BCUT2D eigenvalue weighted by Crippen LogP contribution is 2.35. The number of rotatable bonds is 8. The van der Waals surface area contributed by atoms with Crippen LogP contribution in [0.1, 0.15) is 48.4 Å². The molecule has 2 aromatic carbocycles. The Bertz CT molecular complexity index is 1110. The van der Waals surface area contributed by atoms with Gasteiger partial charge in [-0.3, -0.25) is 9.69 Å². The van der Waals surface area contributed by atoms with Gasteiger partial charge >= 0.3 is 5.97 Å². The van der Waals surface area contributed by atoms with Crippen LogP contribution >= 0.6 is 0 Å². The number of hydrogen-bond acceptors (Lipinski definition) is 6. The van der Waals surface area contributed by atoms with Crippen molar-refractivity contribution >= 4 is 16.0 Å². The number of benzene rings is 2. The van der Waals surface area contributed by atoms with Crippen molar-refractivity contribution in [1.29, 1.82) is 5.26 Å². The monoisotopic (exact) mass is 455 g/mol. The average molecular weight is 456 g/mol. The number of nitriles is 1. The summed E-state index contributed by atoms with van der Waals surface area (Å²) in [4.78, 5) is 14.6. The van der Waals surface area contributed by atoms with Crippen molar-refractivity contribution in [2.24, 2.45) is 0 Å². The maximum atomic E-state index is 13.7. The molecule has 1 N–H and O–H groups in total. The van der Waals surface area contributed by atoms with Crippen LogP contribution in [0.25, 0.3) is 0 Å². The van der Waals surface area contributed by atoms with Crippen molar-refractivity contribution in [3.05, 3.63) is 70.8 Å². The lowest BCUT2D eigenvalue weighted by molar-refractivity contribution is -0.145. The fourth-order valence-corrected chi connectivity index (χ4v) is 6.08. The minimum atomic E-state index is -3.98. The second-order valence-electron chi connectivity index (χ2n) is 8.12. The summed E-state index contributed by atoms with van der Waals surface area (Å²) in [6.45, 7) is 6.35. The van der Waals surface area contributed by atoms with Crippen molar-refractivity contribution in [1.82, 2.24) is 9.62 Å². The summed E-state index contributed by atoms with van der Waals surface area (Å²) in [5, 5.41) is 8.25. The Hall–Kier alpha value is -2.73. The van der Waals surface area contributed by atoms with E-state index in [0.717, 1.165) is 17.5 Å². The summed E-state index contributed by atoms with van der Waals surface area (Å²) in [7, 11) is -3.98. The number of nitrogens with zero attached hydrogens (tertiary/aromatic N) is 2. The number of ether oxygens (including phenoxy) is 1. The summed E-state index contributed by atoms with van der Waals surface area (Å²) < 4.78 is 35.2. The Balaban J connectivity index is 1.96. The quantitative estimate of drug-likeness (QED) is 0.615. The van der Waals surface area contributed by atoms with E-state index in [2.05, 4.69) is 10.8 Å². The third-order valence-corrected chi connectivity index (χ3v) is 7.32. The SMILES string of the molecule is CCOC(=O)[C@H](Cc1cccc(C#N)c1)NS(=O)(=O)C1c2ccccc2CCN1C(C)C. The first kappa shape index (κ1) is 23.9. The Kier molecular flexibility index (Phi) is 7.67. The van der Waals surface area contributed by atoms with Crippen molar-refractivity contribution in [2.45, 2.75) is 51.1 Å². The van der Waals surface area contributed by atoms with Crippen molar-refractivity contribution < 1.29 is 17.9 Å². The van der Waals surface area contributed by atoms with Gasteiger partial charge in [-0.05, 0) is 62.4 Å². The number of hydrogen-bond donors (Lipinski definition) is 1. The topological polar surface area (TPSA) is 99.5 Å². The zero-order valence-electron chi connectivity index (χ0n) is 18.6. The molecule has 32 heavy (non-hydrogen) atoms. The number of carbonyl (C=O) groups is 1.